The number of hydrogen-bond acceptors (Lipinski definition) is 9. The molecule has 0 aliphatic rings. The molecule has 0 radical (unpaired) electrons. The van der Waals surface area contributed by atoms with Gasteiger partial charge in [0.05, 0.1) is 22.3 Å². The van der Waals surface area contributed by atoms with E-state index in [9.17, 15) is 29.4 Å². The van der Waals surface area contributed by atoms with E-state index in [1.807, 2.05) is 13.1 Å². The molecule has 0 saturated carbocycles. The molecule has 4 N–H and O–H groups in total. The van der Waals surface area contributed by atoms with Gasteiger partial charge in [-0.15, -0.1) is 0 Å². The Labute approximate surface area is 252 Å². The van der Waals surface area contributed by atoms with Crippen molar-refractivity contribution in [2.45, 2.75) is 38.0 Å². The number of benzene rings is 2. The lowest BCUT2D eigenvalue weighted by Crippen LogP contribution is -2.37. The summed E-state index contributed by atoms with van der Waals surface area (Å²) < 4.78 is 27.5. The van der Waals surface area contributed by atoms with E-state index in [1.54, 1.807) is 28.4 Å². The summed E-state index contributed by atoms with van der Waals surface area (Å²) in [6, 6.07) is 9.04. The Kier molecular flexibility index (Phi) is 13.5. The van der Waals surface area contributed by atoms with E-state index in [-0.39, 0.29) is 40.3 Å². The van der Waals surface area contributed by atoms with E-state index in [4.69, 9.17) is 22.4 Å². The van der Waals surface area contributed by atoms with E-state index in [2.05, 4.69) is 10.6 Å². The van der Waals surface area contributed by atoms with Crippen molar-refractivity contribution in [3.63, 3.8) is 0 Å². The molecule has 0 bridgehead atoms. The number of ether oxygens (including phenoxy) is 1. The molecule has 0 atom stereocenters. The smallest absolute Gasteiger partial charge is 0.336 e. The van der Waals surface area contributed by atoms with Crippen LogP contribution >= 0.6 is 0 Å². The third-order valence-electron chi connectivity index (χ3n) is 7.08. The maximum Gasteiger partial charge on any atom is 0.336 e. The molecule has 0 aliphatic heterocycles. The second-order valence-electron chi connectivity index (χ2n) is 9.93. The quantitative estimate of drug-likeness (QED) is 0.138. The second kappa shape index (κ2) is 16.3. The number of rotatable bonds is 18. The lowest BCUT2D eigenvalue weighted by atomic mass is 10.1. The summed E-state index contributed by atoms with van der Waals surface area (Å²) in [5.41, 5.74) is -0.694. The topological polar surface area (TPSA) is 179 Å². The molecule has 15 heteroatoms. The number of carboxylic acids is 2. The predicted molar refractivity (Wildman–Crippen MR) is 162 cm³/mol. The Morgan fingerprint density at radius 2 is 1.02 bits per heavy atom. The van der Waals surface area contributed by atoms with Gasteiger partial charge >= 0.3 is 29.1 Å². The fraction of sp³-hybridized carbons (Fsp3) is 0.429. The van der Waals surface area contributed by atoms with E-state index in [0.717, 1.165) is 0 Å². The van der Waals surface area contributed by atoms with E-state index in [1.165, 1.54) is 36.4 Å². The lowest BCUT2D eigenvalue weighted by Gasteiger charge is -2.22. The van der Waals surface area contributed by atoms with Crippen LogP contribution in [-0.2, 0) is 17.7 Å². The van der Waals surface area contributed by atoms with Gasteiger partial charge in [0.1, 0.15) is 11.5 Å². The highest BCUT2D eigenvalue weighted by Gasteiger charge is 2.29. The summed E-state index contributed by atoms with van der Waals surface area (Å²) in [7, 11) is 1.71. The molecule has 0 unspecified atom stereocenters. The Morgan fingerprint density at radius 3 is 1.44 bits per heavy atom. The van der Waals surface area contributed by atoms with Crippen molar-refractivity contribution in [2.24, 2.45) is 0 Å². The van der Waals surface area contributed by atoms with Crippen LogP contribution in [0.2, 0.25) is 25.2 Å². The molecule has 236 valence electrons. The second-order valence-corrected chi connectivity index (χ2v) is 17.1. The standard InChI is InChI=1S/C28H40N2O11Si2/c1-37-42(5,38-2)15-7-13-29-25(31)21-11-9-20(18-24(21)28(35)36)41-19-10-12-22(27(33)34)23(17-19)26(32)30-14-8-16-43(6,39-3)40-4/h9-12,17-18H,7-8,13-16H2,1-6H3,(H,29,31)(H,30,32)(H,33,34)(H,35,36). The van der Waals surface area contributed by atoms with Crippen LogP contribution in [0.15, 0.2) is 36.4 Å². The number of carbonyl (C=O) groups excluding carboxylic acids is 2. The predicted octanol–water partition coefficient (Wildman–Crippen LogP) is 3.84. The minimum absolute atomic E-state index is 0.0549. The molecule has 2 aromatic rings. The average Bonchev–Trinajstić information content (AvgIpc) is 3.00. The summed E-state index contributed by atoms with van der Waals surface area (Å²) in [4.78, 5) is 49.4. The van der Waals surface area contributed by atoms with Gasteiger partial charge in [0.15, 0.2) is 0 Å². The summed E-state index contributed by atoms with van der Waals surface area (Å²) in [5.74, 6) is -3.63. The van der Waals surface area contributed by atoms with Gasteiger partial charge < -0.3 is 43.3 Å². The zero-order valence-electron chi connectivity index (χ0n) is 25.3. The maximum atomic E-state index is 12.9. The molecule has 43 heavy (non-hydrogen) atoms. The van der Waals surface area contributed by atoms with Gasteiger partial charge in [0.2, 0.25) is 0 Å². The molecule has 0 aromatic heterocycles. The third kappa shape index (κ3) is 10.3. The Morgan fingerprint density at radius 1 is 0.628 bits per heavy atom. The average molecular weight is 637 g/mol. The molecule has 13 nitrogen and oxygen atoms in total. The highest BCUT2D eigenvalue weighted by molar-refractivity contribution is 6.66. The van der Waals surface area contributed by atoms with Crippen molar-refractivity contribution in [1.29, 1.82) is 0 Å². The summed E-state index contributed by atoms with van der Waals surface area (Å²) in [5, 5.41) is 24.8. The molecular weight excluding hydrogens is 596 g/mol. The summed E-state index contributed by atoms with van der Waals surface area (Å²) >= 11 is 0. The summed E-state index contributed by atoms with van der Waals surface area (Å²) in [6.07, 6.45) is 1.15. The first-order valence-corrected chi connectivity index (χ1v) is 18.6. The number of hydrogen-bond donors (Lipinski definition) is 4. The van der Waals surface area contributed by atoms with Gasteiger partial charge in [-0.3, -0.25) is 9.59 Å². The molecule has 0 fully saturated rings. The van der Waals surface area contributed by atoms with Crippen molar-refractivity contribution < 1.29 is 51.8 Å². The van der Waals surface area contributed by atoms with Crippen LogP contribution in [0.4, 0.5) is 0 Å². The highest BCUT2D eigenvalue weighted by Crippen LogP contribution is 2.27. The Bertz CT molecular complexity index is 1300. The van der Waals surface area contributed by atoms with Gasteiger partial charge in [0.25, 0.3) is 11.8 Å². The fourth-order valence-corrected chi connectivity index (χ4v) is 6.84. The van der Waals surface area contributed by atoms with E-state index >= 15 is 0 Å². The monoisotopic (exact) mass is 636 g/mol. The van der Waals surface area contributed by atoms with Crippen LogP contribution in [0, 0.1) is 0 Å². The van der Waals surface area contributed by atoms with Gasteiger partial charge in [-0.2, -0.15) is 0 Å². The zero-order valence-corrected chi connectivity index (χ0v) is 27.3. The first-order chi connectivity index (χ1) is 20.3. The van der Waals surface area contributed by atoms with Crippen LogP contribution < -0.4 is 15.4 Å². The van der Waals surface area contributed by atoms with Crippen LogP contribution in [0.5, 0.6) is 11.5 Å². The van der Waals surface area contributed by atoms with Crippen LogP contribution in [-0.4, -0.2) is 92.6 Å². The van der Waals surface area contributed by atoms with E-state index in [0.29, 0.717) is 31.5 Å². The first kappa shape index (κ1) is 35.6. The number of carboxylic acid groups (broad SMARTS) is 2. The summed E-state index contributed by atoms with van der Waals surface area (Å²) in [6.45, 7) is 4.37. The molecule has 0 spiro atoms. The Balaban J connectivity index is 2.16. The van der Waals surface area contributed by atoms with Gasteiger partial charge in [0, 0.05) is 41.5 Å². The van der Waals surface area contributed by atoms with Crippen molar-refractivity contribution >= 4 is 40.9 Å². The molecule has 0 heterocycles. The minimum atomic E-state index is -2.31. The van der Waals surface area contributed by atoms with Crippen molar-refractivity contribution in [1.82, 2.24) is 10.6 Å². The van der Waals surface area contributed by atoms with Gasteiger partial charge in [-0.1, -0.05) is 0 Å². The fourth-order valence-electron chi connectivity index (χ4n) is 4.05. The Hall–Kier alpha value is -3.61. The van der Waals surface area contributed by atoms with Gasteiger partial charge in [-0.25, -0.2) is 9.59 Å². The molecule has 0 aliphatic carbocycles. The number of amides is 2. The lowest BCUT2D eigenvalue weighted by molar-refractivity contribution is 0.0682. The van der Waals surface area contributed by atoms with Gasteiger partial charge in [-0.05, 0) is 74.4 Å². The third-order valence-corrected chi connectivity index (χ3v) is 13.1. The van der Waals surface area contributed by atoms with Crippen molar-refractivity contribution in [2.75, 3.05) is 41.5 Å². The van der Waals surface area contributed by atoms with Crippen LogP contribution in [0.3, 0.4) is 0 Å². The maximum absolute atomic E-state index is 12.9. The number of nitrogens with one attached hydrogen (secondary N) is 2. The number of carbonyl (C=O) groups is 4. The van der Waals surface area contributed by atoms with Crippen LogP contribution in [0.25, 0.3) is 0 Å². The van der Waals surface area contributed by atoms with Crippen molar-refractivity contribution in [3.8, 4) is 11.5 Å². The largest absolute Gasteiger partial charge is 0.478 e. The first-order valence-electron chi connectivity index (χ1n) is 13.5. The zero-order chi connectivity index (χ0) is 32.2. The van der Waals surface area contributed by atoms with Crippen molar-refractivity contribution in [3.05, 3.63) is 58.7 Å². The molecular formula is C28H40N2O11Si2. The molecule has 2 amide bonds. The molecule has 2 aromatic carbocycles. The normalized spacial score (nSPS) is 11.6. The molecule has 0 saturated heterocycles. The van der Waals surface area contributed by atoms with Crippen LogP contribution in [0.1, 0.15) is 54.3 Å². The number of aromatic carboxylic acids is 2. The minimum Gasteiger partial charge on any atom is -0.478 e. The molecule has 2 rings (SSSR count). The highest BCUT2D eigenvalue weighted by atomic mass is 28.4. The SMILES string of the molecule is CO[Si](C)(CCCNC(=O)c1ccc(Oc2ccc(C(=O)O)c(C(=O)NCCC[Si](C)(OC)OC)c2)cc1C(=O)O)OC. The van der Waals surface area contributed by atoms with E-state index < -0.39 is 40.9 Å².